The number of aliphatic carboxylic acids is 1. The number of halogens is 3. The number of benzene rings is 1. The summed E-state index contributed by atoms with van der Waals surface area (Å²) >= 11 is 0. The third-order valence-electron chi connectivity index (χ3n) is 1.57. The number of hydrogen-bond donors (Lipinski definition) is 2. The predicted molar refractivity (Wildman–Crippen MR) is 53.7 cm³/mol. The molecule has 0 unspecified atom stereocenters. The van der Waals surface area contributed by atoms with Crippen LogP contribution in [0, 0.1) is 10.1 Å². The molecule has 0 fully saturated rings. The number of nitrogens with zero attached hydrogens (tertiary/aromatic N) is 1. The molecule has 19 heavy (non-hydrogen) atoms. The number of aromatic carboxylic acids is 1. The van der Waals surface area contributed by atoms with Gasteiger partial charge >= 0.3 is 18.1 Å². The van der Waals surface area contributed by atoms with Crippen molar-refractivity contribution in [3.05, 3.63) is 39.9 Å². The molecule has 0 aliphatic heterocycles. The fraction of sp³-hybridized carbons (Fsp3) is 0.111. The van der Waals surface area contributed by atoms with Crippen molar-refractivity contribution in [2.24, 2.45) is 0 Å². The number of para-hydroxylation sites is 1. The number of nitro benzene ring substituents is 1. The second-order valence-corrected chi connectivity index (χ2v) is 2.88. The van der Waals surface area contributed by atoms with E-state index in [0.29, 0.717) is 0 Å². The topological polar surface area (TPSA) is 118 Å². The summed E-state index contributed by atoms with van der Waals surface area (Å²) in [4.78, 5) is 28.9. The fourth-order valence-electron chi connectivity index (χ4n) is 0.814. The van der Waals surface area contributed by atoms with Crippen LogP contribution in [-0.4, -0.2) is 33.3 Å². The van der Waals surface area contributed by atoms with Gasteiger partial charge in [-0.2, -0.15) is 13.2 Å². The second kappa shape index (κ2) is 6.33. The molecule has 0 aliphatic rings. The molecule has 0 saturated heterocycles. The van der Waals surface area contributed by atoms with Crippen LogP contribution < -0.4 is 0 Å². The lowest BCUT2D eigenvalue weighted by atomic mass is 10.2. The Kier molecular flexibility index (Phi) is 5.45. The summed E-state index contributed by atoms with van der Waals surface area (Å²) in [6.45, 7) is 0. The summed E-state index contributed by atoms with van der Waals surface area (Å²) in [5.41, 5.74) is -0.674. The molecular formula is C9H6F3NO6. The summed E-state index contributed by atoms with van der Waals surface area (Å²) in [5, 5.41) is 25.9. The molecule has 0 saturated carbocycles. The first-order chi connectivity index (χ1) is 8.57. The molecule has 2 N–H and O–H groups in total. The minimum Gasteiger partial charge on any atom is -0.477 e. The maximum atomic E-state index is 10.6. The molecule has 104 valence electrons. The van der Waals surface area contributed by atoms with Gasteiger partial charge in [0.05, 0.1) is 4.92 Å². The van der Waals surface area contributed by atoms with Crippen LogP contribution in [0.4, 0.5) is 18.9 Å². The molecule has 0 heterocycles. The Balaban J connectivity index is 0.000000399. The lowest BCUT2D eigenvalue weighted by Gasteiger charge is -1.94. The Morgan fingerprint density at radius 1 is 1.16 bits per heavy atom. The number of carboxylic acid groups (broad SMARTS) is 2. The van der Waals surface area contributed by atoms with E-state index in [1.54, 1.807) is 0 Å². The summed E-state index contributed by atoms with van der Waals surface area (Å²) in [5.74, 6) is -4.05. The Hall–Kier alpha value is -2.65. The van der Waals surface area contributed by atoms with Crippen molar-refractivity contribution in [2.45, 2.75) is 6.18 Å². The first-order valence-corrected chi connectivity index (χ1v) is 4.34. The monoisotopic (exact) mass is 281 g/mol. The van der Waals surface area contributed by atoms with Crippen LogP contribution >= 0.6 is 0 Å². The fourth-order valence-corrected chi connectivity index (χ4v) is 0.814. The molecule has 10 heteroatoms. The van der Waals surface area contributed by atoms with Gasteiger partial charge in [-0.25, -0.2) is 9.59 Å². The molecule has 0 aliphatic carbocycles. The van der Waals surface area contributed by atoms with E-state index in [1.165, 1.54) is 18.2 Å². The molecule has 0 bridgehead atoms. The van der Waals surface area contributed by atoms with Crippen LogP contribution in [0.15, 0.2) is 24.3 Å². The van der Waals surface area contributed by atoms with E-state index in [0.717, 1.165) is 6.07 Å². The largest absolute Gasteiger partial charge is 0.490 e. The average Bonchev–Trinajstić information content (AvgIpc) is 2.28. The Bertz CT molecular complexity index is 466. The first-order valence-electron chi connectivity index (χ1n) is 4.34. The quantitative estimate of drug-likeness (QED) is 0.631. The van der Waals surface area contributed by atoms with Gasteiger partial charge in [0.25, 0.3) is 5.69 Å². The van der Waals surface area contributed by atoms with Gasteiger partial charge in [0, 0.05) is 6.07 Å². The number of rotatable bonds is 2. The van der Waals surface area contributed by atoms with E-state index in [-0.39, 0.29) is 11.3 Å². The highest BCUT2D eigenvalue weighted by Gasteiger charge is 2.38. The van der Waals surface area contributed by atoms with E-state index >= 15 is 0 Å². The standard InChI is InChI=1S/C7H5NO4.C2HF3O2/c9-7(10)5-3-1-2-4-6(5)8(11)12;3-2(4,5)1(6)7/h1-4H,(H,9,10);(H,6,7). The van der Waals surface area contributed by atoms with Crippen molar-refractivity contribution in [2.75, 3.05) is 0 Å². The number of nitro groups is 1. The van der Waals surface area contributed by atoms with Gasteiger partial charge in [0.2, 0.25) is 0 Å². The van der Waals surface area contributed by atoms with Gasteiger partial charge in [-0.05, 0) is 6.07 Å². The zero-order valence-corrected chi connectivity index (χ0v) is 8.92. The number of carbonyl (C=O) groups is 2. The van der Waals surface area contributed by atoms with Gasteiger partial charge in [-0.1, -0.05) is 12.1 Å². The van der Waals surface area contributed by atoms with E-state index < -0.39 is 23.0 Å². The molecule has 0 aromatic heterocycles. The molecule has 0 atom stereocenters. The van der Waals surface area contributed by atoms with E-state index in [2.05, 4.69) is 0 Å². The molecular weight excluding hydrogens is 275 g/mol. The third kappa shape index (κ3) is 5.48. The summed E-state index contributed by atoms with van der Waals surface area (Å²) in [6, 6.07) is 5.21. The number of carboxylic acids is 2. The highest BCUT2D eigenvalue weighted by atomic mass is 19.4. The molecule has 0 spiro atoms. The minimum atomic E-state index is -5.08. The maximum absolute atomic E-state index is 10.6. The van der Waals surface area contributed by atoms with Crippen LogP contribution in [0.25, 0.3) is 0 Å². The van der Waals surface area contributed by atoms with Gasteiger partial charge in [0.15, 0.2) is 0 Å². The van der Waals surface area contributed by atoms with Crippen molar-refractivity contribution < 1.29 is 37.9 Å². The van der Waals surface area contributed by atoms with Gasteiger partial charge in [-0.15, -0.1) is 0 Å². The minimum absolute atomic E-state index is 0.289. The third-order valence-corrected chi connectivity index (χ3v) is 1.57. The summed E-state index contributed by atoms with van der Waals surface area (Å²) in [6.07, 6.45) is -5.08. The Morgan fingerprint density at radius 3 is 1.84 bits per heavy atom. The van der Waals surface area contributed by atoms with Crippen molar-refractivity contribution in [1.29, 1.82) is 0 Å². The zero-order valence-electron chi connectivity index (χ0n) is 8.92. The molecule has 1 rings (SSSR count). The van der Waals surface area contributed by atoms with Crippen molar-refractivity contribution >= 4 is 17.6 Å². The molecule has 0 radical (unpaired) electrons. The van der Waals surface area contributed by atoms with E-state index in [1.807, 2.05) is 0 Å². The molecule has 1 aromatic rings. The van der Waals surface area contributed by atoms with Gasteiger partial charge in [-0.3, -0.25) is 10.1 Å². The number of alkyl halides is 3. The predicted octanol–water partition coefficient (Wildman–Crippen LogP) is 1.93. The van der Waals surface area contributed by atoms with E-state index in [9.17, 15) is 28.1 Å². The normalized spacial score (nSPS) is 10.1. The molecule has 0 amide bonds. The Morgan fingerprint density at radius 2 is 1.58 bits per heavy atom. The summed E-state index contributed by atoms with van der Waals surface area (Å²) < 4.78 is 31.7. The highest BCUT2D eigenvalue weighted by molar-refractivity contribution is 5.92. The molecule has 7 nitrogen and oxygen atoms in total. The number of hydrogen-bond acceptors (Lipinski definition) is 4. The van der Waals surface area contributed by atoms with Gasteiger partial charge in [0.1, 0.15) is 5.56 Å². The van der Waals surface area contributed by atoms with Crippen molar-refractivity contribution in [3.8, 4) is 0 Å². The van der Waals surface area contributed by atoms with E-state index in [4.69, 9.17) is 15.0 Å². The summed E-state index contributed by atoms with van der Waals surface area (Å²) in [7, 11) is 0. The van der Waals surface area contributed by atoms with Crippen molar-refractivity contribution in [1.82, 2.24) is 0 Å². The highest BCUT2D eigenvalue weighted by Crippen LogP contribution is 2.16. The van der Waals surface area contributed by atoms with Crippen LogP contribution in [0.3, 0.4) is 0 Å². The van der Waals surface area contributed by atoms with Crippen LogP contribution in [-0.2, 0) is 4.79 Å². The van der Waals surface area contributed by atoms with Crippen LogP contribution in [0.2, 0.25) is 0 Å². The average molecular weight is 281 g/mol. The maximum Gasteiger partial charge on any atom is 0.490 e. The van der Waals surface area contributed by atoms with Crippen LogP contribution in [0.1, 0.15) is 10.4 Å². The molecule has 1 aromatic carbocycles. The van der Waals surface area contributed by atoms with Gasteiger partial charge < -0.3 is 10.2 Å². The lowest BCUT2D eigenvalue weighted by Crippen LogP contribution is -2.21. The zero-order chi connectivity index (χ0) is 15.2. The first kappa shape index (κ1) is 16.4. The SMILES string of the molecule is O=C(O)C(F)(F)F.O=C(O)c1ccccc1[N+](=O)[O-]. The Labute approximate surface area is 103 Å². The lowest BCUT2D eigenvalue weighted by molar-refractivity contribution is -0.385. The second-order valence-electron chi connectivity index (χ2n) is 2.88. The van der Waals surface area contributed by atoms with Crippen molar-refractivity contribution in [3.63, 3.8) is 0 Å². The smallest absolute Gasteiger partial charge is 0.477 e. The van der Waals surface area contributed by atoms with Crippen LogP contribution in [0.5, 0.6) is 0 Å².